The zero-order valence-corrected chi connectivity index (χ0v) is 19.1. The fourth-order valence-corrected chi connectivity index (χ4v) is 4.96. The quantitative estimate of drug-likeness (QED) is 0.500. The Hall–Kier alpha value is -2.44. The van der Waals surface area contributed by atoms with Gasteiger partial charge in [0.1, 0.15) is 5.58 Å². The first-order valence-corrected chi connectivity index (χ1v) is 11.5. The van der Waals surface area contributed by atoms with Gasteiger partial charge in [0.05, 0.1) is 23.1 Å². The topological polar surface area (TPSA) is 59.8 Å². The number of rotatable bonds is 4. The lowest BCUT2D eigenvalue weighted by Gasteiger charge is -2.27. The summed E-state index contributed by atoms with van der Waals surface area (Å²) in [5.74, 6) is 0.307. The fourth-order valence-electron chi connectivity index (χ4n) is 4.60. The summed E-state index contributed by atoms with van der Waals surface area (Å²) < 4.78 is 12.6. The average Bonchev–Trinajstić information content (AvgIpc) is 3.36. The monoisotopic (exact) mass is 481 g/mol. The summed E-state index contributed by atoms with van der Waals surface area (Å²) in [6.07, 6.45) is 1.88. The van der Waals surface area contributed by atoms with Crippen molar-refractivity contribution in [3.05, 3.63) is 79.6 Å². The third-order valence-electron chi connectivity index (χ3n) is 6.27. The second-order valence-corrected chi connectivity index (χ2v) is 9.55. The first kappa shape index (κ1) is 20.5. The molecule has 0 aliphatic carbocycles. The van der Waals surface area contributed by atoms with Crippen LogP contribution in [0.5, 0.6) is 0 Å². The molecule has 2 unspecified atom stereocenters. The molecule has 2 atom stereocenters. The summed E-state index contributed by atoms with van der Waals surface area (Å²) in [4.78, 5) is 28.8. The lowest BCUT2D eigenvalue weighted by atomic mass is 9.95. The maximum Gasteiger partial charge on any atom is 0.291 e. The molecule has 1 aromatic heterocycles. The number of benzene rings is 2. The molecule has 5 rings (SSSR count). The van der Waals surface area contributed by atoms with Gasteiger partial charge >= 0.3 is 0 Å². The van der Waals surface area contributed by atoms with E-state index in [9.17, 15) is 9.59 Å². The van der Waals surface area contributed by atoms with E-state index in [1.807, 2.05) is 18.2 Å². The van der Waals surface area contributed by atoms with Gasteiger partial charge in [-0.05, 0) is 48.1 Å². The molecule has 0 spiro atoms. The molecule has 3 aromatic rings. The Labute approximate surface area is 189 Å². The summed E-state index contributed by atoms with van der Waals surface area (Å²) in [7, 11) is 0. The maximum absolute atomic E-state index is 13.6. The molecule has 31 heavy (non-hydrogen) atoms. The summed E-state index contributed by atoms with van der Waals surface area (Å²) >= 11 is 3.44. The average molecular weight is 482 g/mol. The molecule has 5 nitrogen and oxygen atoms in total. The predicted molar refractivity (Wildman–Crippen MR) is 123 cm³/mol. The van der Waals surface area contributed by atoms with Crippen molar-refractivity contribution in [3.8, 4) is 0 Å². The first-order valence-electron chi connectivity index (χ1n) is 10.7. The van der Waals surface area contributed by atoms with Gasteiger partial charge in [-0.1, -0.05) is 54.0 Å². The van der Waals surface area contributed by atoms with Crippen molar-refractivity contribution in [2.24, 2.45) is 0 Å². The van der Waals surface area contributed by atoms with Gasteiger partial charge in [-0.3, -0.25) is 9.59 Å². The van der Waals surface area contributed by atoms with Crippen LogP contribution in [0.1, 0.15) is 65.9 Å². The molecular formula is C25H24BrNO4. The Morgan fingerprint density at radius 1 is 1.13 bits per heavy atom. The lowest BCUT2D eigenvalue weighted by molar-refractivity contribution is 0.0486. The van der Waals surface area contributed by atoms with E-state index in [2.05, 4.69) is 41.9 Å². The van der Waals surface area contributed by atoms with Gasteiger partial charge in [-0.25, -0.2) is 0 Å². The third-order valence-corrected chi connectivity index (χ3v) is 6.76. The molecule has 6 heteroatoms. The van der Waals surface area contributed by atoms with Crippen LogP contribution in [0.15, 0.2) is 56.1 Å². The second kappa shape index (κ2) is 7.92. The van der Waals surface area contributed by atoms with E-state index in [1.165, 1.54) is 5.56 Å². The fraction of sp³-hybridized carbons (Fsp3) is 0.360. The van der Waals surface area contributed by atoms with Crippen LogP contribution in [0.2, 0.25) is 0 Å². The summed E-state index contributed by atoms with van der Waals surface area (Å²) in [5, 5.41) is 0.476. The Morgan fingerprint density at radius 2 is 1.90 bits per heavy atom. The van der Waals surface area contributed by atoms with E-state index in [-0.39, 0.29) is 23.2 Å². The highest BCUT2D eigenvalue weighted by Gasteiger charge is 2.43. The van der Waals surface area contributed by atoms with Crippen LogP contribution >= 0.6 is 15.9 Å². The number of ether oxygens (including phenoxy) is 1. The van der Waals surface area contributed by atoms with Crippen LogP contribution in [0.3, 0.4) is 0 Å². The standard InChI is InChI=1S/C25H24BrNO4/c1-14(2)15-5-7-16(8-6-15)22-21-23(28)19-12-17(26)9-10-20(19)31-24(21)25(29)27(22)13-18-4-3-11-30-18/h5-10,12,14,18,22H,3-4,11,13H2,1-2H3. The normalized spacial score (nSPS) is 20.8. The Morgan fingerprint density at radius 3 is 2.58 bits per heavy atom. The zero-order chi connectivity index (χ0) is 21.7. The molecule has 2 aromatic carbocycles. The SMILES string of the molecule is CC(C)c1ccc(C2c3c(oc4ccc(Br)cc4c3=O)C(=O)N2CC2CCCO2)cc1. The molecule has 3 heterocycles. The molecule has 160 valence electrons. The number of hydrogen-bond donors (Lipinski definition) is 0. The van der Waals surface area contributed by atoms with Crippen LogP contribution in [-0.2, 0) is 4.74 Å². The van der Waals surface area contributed by atoms with Crippen molar-refractivity contribution in [1.82, 2.24) is 4.90 Å². The van der Waals surface area contributed by atoms with E-state index in [0.717, 1.165) is 22.9 Å². The highest BCUT2D eigenvalue weighted by molar-refractivity contribution is 9.10. The van der Waals surface area contributed by atoms with Gasteiger partial charge in [-0.2, -0.15) is 0 Å². The van der Waals surface area contributed by atoms with Crippen LogP contribution in [0.25, 0.3) is 11.0 Å². The van der Waals surface area contributed by atoms with Crippen molar-refractivity contribution in [3.63, 3.8) is 0 Å². The Bertz CT molecular complexity index is 1210. The molecule has 0 saturated carbocycles. The number of nitrogens with zero attached hydrogens (tertiary/aromatic N) is 1. The summed E-state index contributed by atoms with van der Waals surface area (Å²) in [5.41, 5.74) is 2.82. The smallest absolute Gasteiger partial charge is 0.291 e. The lowest BCUT2D eigenvalue weighted by Crippen LogP contribution is -2.36. The van der Waals surface area contributed by atoms with Crippen molar-refractivity contribution in [1.29, 1.82) is 0 Å². The Kier molecular flexibility index (Phi) is 5.22. The highest BCUT2D eigenvalue weighted by atomic mass is 79.9. The third kappa shape index (κ3) is 3.52. The van der Waals surface area contributed by atoms with E-state index < -0.39 is 6.04 Å². The number of fused-ring (bicyclic) bond motifs is 2. The molecule has 0 radical (unpaired) electrons. The maximum atomic E-state index is 13.6. The molecule has 0 N–H and O–H groups in total. The zero-order valence-electron chi connectivity index (χ0n) is 17.6. The van der Waals surface area contributed by atoms with Crippen molar-refractivity contribution < 1.29 is 13.9 Å². The van der Waals surface area contributed by atoms with Gasteiger partial charge < -0.3 is 14.1 Å². The van der Waals surface area contributed by atoms with E-state index >= 15 is 0 Å². The van der Waals surface area contributed by atoms with Crippen molar-refractivity contribution in [2.45, 2.75) is 44.8 Å². The second-order valence-electron chi connectivity index (χ2n) is 8.63. The minimum atomic E-state index is -0.479. The Balaban J connectivity index is 1.68. The van der Waals surface area contributed by atoms with Crippen LogP contribution in [0, 0.1) is 0 Å². The molecule has 1 saturated heterocycles. The van der Waals surface area contributed by atoms with E-state index in [1.54, 1.807) is 17.0 Å². The van der Waals surface area contributed by atoms with Crippen molar-refractivity contribution >= 4 is 32.8 Å². The minimum Gasteiger partial charge on any atom is -0.450 e. The number of halogens is 1. The number of amides is 1. The van der Waals surface area contributed by atoms with Gasteiger partial charge in [0.25, 0.3) is 5.91 Å². The first-order chi connectivity index (χ1) is 14.9. The van der Waals surface area contributed by atoms with Crippen LogP contribution < -0.4 is 5.43 Å². The number of carbonyl (C=O) groups is 1. The van der Waals surface area contributed by atoms with Gasteiger partial charge in [0.15, 0.2) is 5.43 Å². The van der Waals surface area contributed by atoms with Crippen LogP contribution in [-0.4, -0.2) is 30.1 Å². The van der Waals surface area contributed by atoms with E-state index in [4.69, 9.17) is 9.15 Å². The number of carbonyl (C=O) groups excluding carboxylic acids is 1. The largest absolute Gasteiger partial charge is 0.450 e. The summed E-state index contributed by atoms with van der Waals surface area (Å²) in [6, 6.07) is 13.0. The summed E-state index contributed by atoms with van der Waals surface area (Å²) in [6.45, 7) is 5.44. The van der Waals surface area contributed by atoms with Gasteiger partial charge in [0, 0.05) is 17.6 Å². The van der Waals surface area contributed by atoms with Crippen molar-refractivity contribution in [2.75, 3.05) is 13.2 Å². The molecule has 1 amide bonds. The molecule has 1 fully saturated rings. The van der Waals surface area contributed by atoms with Gasteiger partial charge in [0.2, 0.25) is 5.76 Å². The predicted octanol–water partition coefficient (Wildman–Crippen LogP) is 5.40. The minimum absolute atomic E-state index is 0.0191. The molecule has 2 aliphatic rings. The number of hydrogen-bond acceptors (Lipinski definition) is 4. The molecular weight excluding hydrogens is 458 g/mol. The van der Waals surface area contributed by atoms with Crippen LogP contribution in [0.4, 0.5) is 0 Å². The van der Waals surface area contributed by atoms with E-state index in [0.29, 0.717) is 35.6 Å². The highest BCUT2D eigenvalue weighted by Crippen LogP contribution is 2.39. The van der Waals surface area contributed by atoms with Gasteiger partial charge in [-0.15, -0.1) is 0 Å². The molecule has 2 aliphatic heterocycles. The molecule has 0 bridgehead atoms.